The van der Waals surface area contributed by atoms with Gasteiger partial charge < -0.3 is 24.6 Å². The molecule has 1 heterocycles. The first-order valence-electron chi connectivity index (χ1n) is 10.9. The van der Waals surface area contributed by atoms with Gasteiger partial charge in [-0.15, -0.1) is 0 Å². The van der Waals surface area contributed by atoms with Gasteiger partial charge in [-0.05, 0) is 66.7 Å². The molecule has 0 saturated carbocycles. The van der Waals surface area contributed by atoms with Crippen molar-refractivity contribution in [2.45, 2.75) is 97.4 Å². The predicted octanol–water partition coefficient (Wildman–Crippen LogP) is 3.10. The van der Waals surface area contributed by atoms with E-state index in [-0.39, 0.29) is 18.9 Å². The molecular weight excluding hydrogens is 436 g/mol. The van der Waals surface area contributed by atoms with Crippen LogP contribution < -0.4 is 0 Å². The molecule has 0 bridgehead atoms. The first kappa shape index (κ1) is 28.2. The highest BCUT2D eigenvalue weighted by Crippen LogP contribution is 2.27. The molecule has 3 amide bonds. The summed E-state index contributed by atoms with van der Waals surface area (Å²) in [4.78, 5) is 64.2. The Hall–Kier alpha value is -2.85. The van der Waals surface area contributed by atoms with Gasteiger partial charge in [0.15, 0.2) is 0 Å². The maximum Gasteiger partial charge on any atom is 0.420 e. The van der Waals surface area contributed by atoms with E-state index in [1.165, 1.54) is 0 Å². The highest BCUT2D eigenvalue weighted by atomic mass is 16.6. The van der Waals surface area contributed by atoms with Crippen LogP contribution in [0.4, 0.5) is 9.59 Å². The van der Waals surface area contributed by atoms with Gasteiger partial charge in [-0.2, -0.15) is 4.90 Å². The summed E-state index contributed by atoms with van der Waals surface area (Å²) < 4.78 is 10.6. The third-order valence-electron chi connectivity index (χ3n) is 4.84. The fourth-order valence-corrected chi connectivity index (χ4v) is 3.41. The highest BCUT2D eigenvalue weighted by molar-refractivity contribution is 5.97. The average molecular weight is 473 g/mol. The van der Waals surface area contributed by atoms with Crippen LogP contribution in [0.25, 0.3) is 0 Å². The van der Waals surface area contributed by atoms with Crippen molar-refractivity contribution in [1.29, 1.82) is 0 Å². The number of ether oxygens (including phenoxy) is 2. The van der Waals surface area contributed by atoms with E-state index in [0.717, 1.165) is 4.90 Å². The van der Waals surface area contributed by atoms with E-state index in [9.17, 15) is 34.2 Å². The molecule has 11 nitrogen and oxygen atoms in total. The highest BCUT2D eigenvalue weighted by Gasteiger charge is 2.45. The third-order valence-corrected chi connectivity index (χ3v) is 4.84. The van der Waals surface area contributed by atoms with Crippen LogP contribution in [0.15, 0.2) is 0 Å². The molecule has 1 rings (SSSR count). The van der Waals surface area contributed by atoms with E-state index in [1.54, 1.807) is 41.5 Å². The lowest BCUT2D eigenvalue weighted by molar-refractivity contribution is -0.155. The van der Waals surface area contributed by atoms with Crippen molar-refractivity contribution in [3.8, 4) is 0 Å². The Bertz CT molecular complexity index is 739. The van der Waals surface area contributed by atoms with E-state index in [4.69, 9.17) is 9.47 Å². The zero-order chi connectivity index (χ0) is 25.7. The molecule has 0 radical (unpaired) electrons. The zero-order valence-corrected chi connectivity index (χ0v) is 20.4. The summed E-state index contributed by atoms with van der Waals surface area (Å²) in [5.74, 6) is -3.25. The number of amides is 3. The molecule has 1 fully saturated rings. The summed E-state index contributed by atoms with van der Waals surface area (Å²) in [5, 5.41) is 18.8. The molecule has 0 aromatic rings. The van der Waals surface area contributed by atoms with Crippen molar-refractivity contribution in [2.24, 2.45) is 5.92 Å². The molecule has 2 N–H and O–H groups in total. The predicted molar refractivity (Wildman–Crippen MR) is 116 cm³/mol. The quantitative estimate of drug-likeness (QED) is 0.594. The number of carboxylic acid groups (broad SMARTS) is 2. The van der Waals surface area contributed by atoms with E-state index >= 15 is 0 Å². The first-order chi connectivity index (χ1) is 14.9. The molecule has 11 heteroatoms. The SMILES string of the molecule is CC1CCN(C(=O)[C@H](CCC(=O)O)N(C(=O)OC(C)(C)C)C(=O)OC(C)(C)C)[C@@H](C(=O)O)C1. The van der Waals surface area contributed by atoms with Crippen molar-refractivity contribution < 1.29 is 43.7 Å². The molecule has 1 aliphatic rings. The van der Waals surface area contributed by atoms with Crippen LogP contribution in [0.1, 0.15) is 74.1 Å². The van der Waals surface area contributed by atoms with Gasteiger partial charge in [-0.3, -0.25) is 9.59 Å². The van der Waals surface area contributed by atoms with Crippen molar-refractivity contribution in [3.63, 3.8) is 0 Å². The van der Waals surface area contributed by atoms with Crippen LogP contribution in [0.5, 0.6) is 0 Å². The number of aliphatic carboxylic acids is 2. The summed E-state index contributed by atoms with van der Waals surface area (Å²) in [6.07, 6.45) is -2.60. The summed E-state index contributed by atoms with van der Waals surface area (Å²) in [5.41, 5.74) is -2.05. The monoisotopic (exact) mass is 472 g/mol. The smallest absolute Gasteiger partial charge is 0.420 e. The molecule has 33 heavy (non-hydrogen) atoms. The second kappa shape index (κ2) is 10.8. The maximum absolute atomic E-state index is 13.5. The van der Waals surface area contributed by atoms with Crippen LogP contribution in [0.2, 0.25) is 0 Å². The molecule has 0 aromatic carbocycles. The Kier molecular flexibility index (Phi) is 9.26. The molecule has 0 aromatic heterocycles. The standard InChI is InChI=1S/C22H36N2O9/c1-13-10-11-23(15(12-13)18(28)29)17(27)14(8-9-16(25)26)24(19(30)32-21(2,3)4)20(31)33-22(5,6)7/h13-15H,8-12H2,1-7H3,(H,25,26)(H,28,29)/t13?,14-,15+/m0/s1. The number of likely N-dealkylation sites (tertiary alicyclic amines) is 1. The van der Waals surface area contributed by atoms with Gasteiger partial charge in [0.05, 0.1) is 0 Å². The van der Waals surface area contributed by atoms with Crippen molar-refractivity contribution >= 4 is 30.0 Å². The van der Waals surface area contributed by atoms with Gasteiger partial charge in [-0.1, -0.05) is 6.92 Å². The fraction of sp³-hybridized carbons (Fsp3) is 0.773. The minimum absolute atomic E-state index is 0.0560. The number of rotatable bonds is 6. The molecule has 1 aliphatic heterocycles. The number of carbonyl (C=O) groups is 5. The zero-order valence-electron chi connectivity index (χ0n) is 20.4. The number of nitrogens with zero attached hydrogens (tertiary/aromatic N) is 2. The number of hydrogen-bond acceptors (Lipinski definition) is 7. The van der Waals surface area contributed by atoms with Crippen LogP contribution in [-0.4, -0.2) is 79.9 Å². The van der Waals surface area contributed by atoms with Crippen molar-refractivity contribution in [1.82, 2.24) is 9.80 Å². The first-order valence-corrected chi connectivity index (χ1v) is 10.9. The minimum Gasteiger partial charge on any atom is -0.481 e. The van der Waals surface area contributed by atoms with Gasteiger partial charge in [0.25, 0.3) is 0 Å². The Morgan fingerprint density at radius 2 is 1.45 bits per heavy atom. The largest absolute Gasteiger partial charge is 0.481 e. The van der Waals surface area contributed by atoms with E-state index < -0.39 is 66.2 Å². The summed E-state index contributed by atoms with van der Waals surface area (Å²) in [6.45, 7) is 11.4. The second-order valence-electron chi connectivity index (χ2n) is 10.3. The topological polar surface area (TPSA) is 151 Å². The Morgan fingerprint density at radius 1 is 0.970 bits per heavy atom. The van der Waals surface area contributed by atoms with Gasteiger partial charge in [0.2, 0.25) is 5.91 Å². The summed E-state index contributed by atoms with van der Waals surface area (Å²) in [7, 11) is 0. The van der Waals surface area contributed by atoms with Gasteiger partial charge in [-0.25, -0.2) is 14.4 Å². The molecule has 0 spiro atoms. The number of piperidine rings is 1. The molecular formula is C22H36N2O9. The van der Waals surface area contributed by atoms with Crippen molar-refractivity contribution in [3.05, 3.63) is 0 Å². The maximum atomic E-state index is 13.5. The van der Waals surface area contributed by atoms with E-state index in [0.29, 0.717) is 11.3 Å². The van der Waals surface area contributed by atoms with Crippen LogP contribution in [0.3, 0.4) is 0 Å². The average Bonchev–Trinajstić information content (AvgIpc) is 2.60. The molecule has 188 valence electrons. The van der Waals surface area contributed by atoms with Gasteiger partial charge >= 0.3 is 24.1 Å². The molecule has 1 unspecified atom stereocenters. The Balaban J connectivity index is 3.46. The number of carboxylic acids is 2. The second-order valence-corrected chi connectivity index (χ2v) is 10.3. The van der Waals surface area contributed by atoms with E-state index in [2.05, 4.69) is 0 Å². The normalized spacial score (nSPS) is 19.9. The number of imide groups is 1. The van der Waals surface area contributed by atoms with Gasteiger partial charge in [0, 0.05) is 13.0 Å². The molecule has 3 atom stereocenters. The van der Waals surface area contributed by atoms with Crippen LogP contribution in [-0.2, 0) is 23.9 Å². The van der Waals surface area contributed by atoms with Gasteiger partial charge in [0.1, 0.15) is 23.3 Å². The Morgan fingerprint density at radius 3 is 1.85 bits per heavy atom. The molecule has 1 saturated heterocycles. The summed E-state index contributed by atoms with van der Waals surface area (Å²) >= 11 is 0. The fourth-order valence-electron chi connectivity index (χ4n) is 3.41. The number of hydrogen-bond donors (Lipinski definition) is 2. The van der Waals surface area contributed by atoms with Crippen LogP contribution in [0, 0.1) is 5.92 Å². The van der Waals surface area contributed by atoms with Crippen LogP contribution >= 0.6 is 0 Å². The Labute approximate surface area is 194 Å². The molecule has 0 aliphatic carbocycles. The van der Waals surface area contributed by atoms with E-state index in [1.807, 2.05) is 6.92 Å². The lowest BCUT2D eigenvalue weighted by Gasteiger charge is -2.40. The number of carbonyl (C=O) groups excluding carboxylic acids is 3. The van der Waals surface area contributed by atoms with Crippen molar-refractivity contribution in [2.75, 3.05) is 6.54 Å². The lowest BCUT2D eigenvalue weighted by Crippen LogP contribution is -2.59. The summed E-state index contributed by atoms with van der Waals surface area (Å²) in [6, 6.07) is -2.77. The third kappa shape index (κ3) is 8.89. The lowest BCUT2D eigenvalue weighted by atomic mass is 9.91. The minimum atomic E-state index is -1.61.